The van der Waals surface area contributed by atoms with Gasteiger partial charge in [-0.2, -0.15) is 0 Å². The second-order valence-corrected chi connectivity index (χ2v) is 9.89. The normalized spacial score (nSPS) is 12.2. The minimum absolute atomic E-state index is 0.165. The average Bonchev–Trinajstić information content (AvgIpc) is 2.95. The van der Waals surface area contributed by atoms with Gasteiger partial charge in [-0.05, 0) is 51.0 Å². The first kappa shape index (κ1) is 31.5. The first-order valence-corrected chi connectivity index (χ1v) is 14.2. The van der Waals surface area contributed by atoms with E-state index in [1.54, 1.807) is 62.4 Å². The number of amides is 4. The highest BCUT2D eigenvalue weighted by Crippen LogP contribution is 2.09. The second-order valence-electron chi connectivity index (χ2n) is 9.89. The number of hydrogen-bond donors (Lipinski definition) is 4. The first-order valence-electron chi connectivity index (χ1n) is 14.2. The Balaban J connectivity index is 1.38. The number of benzene rings is 2. The van der Waals surface area contributed by atoms with Gasteiger partial charge in [0.25, 0.3) is 11.8 Å². The van der Waals surface area contributed by atoms with Crippen molar-refractivity contribution >= 4 is 23.6 Å². The Morgan fingerprint density at radius 3 is 1.15 bits per heavy atom. The van der Waals surface area contributed by atoms with Crippen LogP contribution in [0, 0.1) is 0 Å². The predicted octanol–water partition coefficient (Wildman–Crippen LogP) is 4.37. The lowest BCUT2D eigenvalue weighted by molar-refractivity contribution is -0.123. The van der Waals surface area contributed by atoms with Crippen LogP contribution in [0.25, 0.3) is 0 Å². The molecule has 0 aromatic heterocycles. The van der Waals surface area contributed by atoms with E-state index in [0.717, 1.165) is 38.5 Å². The highest BCUT2D eigenvalue weighted by molar-refractivity contribution is 5.98. The molecule has 0 bridgehead atoms. The van der Waals surface area contributed by atoms with Crippen LogP contribution in [0.4, 0.5) is 0 Å². The van der Waals surface area contributed by atoms with Crippen molar-refractivity contribution in [2.24, 2.45) is 0 Å². The second kappa shape index (κ2) is 18.6. The molecule has 2 rings (SSSR count). The highest BCUT2D eigenvalue weighted by atomic mass is 16.2. The maximum Gasteiger partial charge on any atom is 0.251 e. The monoisotopic (exact) mass is 536 g/mol. The lowest BCUT2D eigenvalue weighted by atomic mass is 10.1. The zero-order chi connectivity index (χ0) is 28.3. The summed E-state index contributed by atoms with van der Waals surface area (Å²) in [5.41, 5.74) is 1.08. The predicted molar refractivity (Wildman–Crippen MR) is 154 cm³/mol. The van der Waals surface area contributed by atoms with Gasteiger partial charge in [-0.15, -0.1) is 0 Å². The maximum absolute atomic E-state index is 12.2. The molecular weight excluding hydrogens is 492 g/mol. The molecule has 2 aromatic carbocycles. The molecule has 0 aliphatic heterocycles. The van der Waals surface area contributed by atoms with Crippen molar-refractivity contribution in [2.45, 2.75) is 83.7 Å². The SMILES string of the molecule is C[C@H](NC(=O)c1ccccc1)C(=O)NCCCCCCCCCCCNC(=O)[C@H](C)NC(=O)c1ccccc1. The molecule has 0 aliphatic rings. The van der Waals surface area contributed by atoms with Gasteiger partial charge in [-0.3, -0.25) is 19.2 Å². The van der Waals surface area contributed by atoms with E-state index in [2.05, 4.69) is 21.3 Å². The quantitative estimate of drug-likeness (QED) is 0.212. The van der Waals surface area contributed by atoms with Crippen molar-refractivity contribution in [2.75, 3.05) is 13.1 Å². The highest BCUT2D eigenvalue weighted by Gasteiger charge is 2.16. The van der Waals surface area contributed by atoms with Gasteiger partial charge in [0.15, 0.2) is 0 Å². The van der Waals surface area contributed by atoms with Gasteiger partial charge in [-0.1, -0.05) is 81.3 Å². The summed E-state index contributed by atoms with van der Waals surface area (Å²) in [6, 6.07) is 16.6. The van der Waals surface area contributed by atoms with Crippen LogP contribution in [0.3, 0.4) is 0 Å². The minimum Gasteiger partial charge on any atom is -0.354 e. The number of unbranched alkanes of at least 4 members (excludes halogenated alkanes) is 8. The maximum atomic E-state index is 12.2. The topological polar surface area (TPSA) is 116 Å². The molecule has 39 heavy (non-hydrogen) atoms. The lowest BCUT2D eigenvalue weighted by Gasteiger charge is -2.14. The Morgan fingerprint density at radius 2 is 0.821 bits per heavy atom. The molecule has 8 nitrogen and oxygen atoms in total. The van der Waals surface area contributed by atoms with Crippen LogP contribution in [0.15, 0.2) is 60.7 Å². The first-order chi connectivity index (χ1) is 18.9. The summed E-state index contributed by atoms with van der Waals surface area (Å²) >= 11 is 0. The third kappa shape index (κ3) is 13.1. The van der Waals surface area contributed by atoms with Gasteiger partial charge >= 0.3 is 0 Å². The van der Waals surface area contributed by atoms with Gasteiger partial charge in [0.2, 0.25) is 11.8 Å². The zero-order valence-corrected chi connectivity index (χ0v) is 23.3. The molecule has 4 N–H and O–H groups in total. The van der Waals surface area contributed by atoms with Crippen molar-refractivity contribution in [3.63, 3.8) is 0 Å². The average molecular weight is 537 g/mol. The molecule has 4 amide bonds. The Bertz CT molecular complexity index is 932. The zero-order valence-electron chi connectivity index (χ0n) is 23.3. The Hall–Kier alpha value is -3.68. The minimum atomic E-state index is -0.574. The van der Waals surface area contributed by atoms with Crippen molar-refractivity contribution in [1.82, 2.24) is 21.3 Å². The largest absolute Gasteiger partial charge is 0.354 e. The Labute approximate surface area is 232 Å². The van der Waals surface area contributed by atoms with Crippen LogP contribution in [0.1, 0.15) is 92.4 Å². The summed E-state index contributed by atoms with van der Waals surface area (Å²) in [6.45, 7) is 4.61. The van der Waals surface area contributed by atoms with Crippen LogP contribution >= 0.6 is 0 Å². The van der Waals surface area contributed by atoms with E-state index in [-0.39, 0.29) is 23.6 Å². The molecule has 8 heteroatoms. The van der Waals surface area contributed by atoms with Gasteiger partial charge < -0.3 is 21.3 Å². The standard InChI is InChI=1S/C31H44N4O4/c1-24(34-30(38)26-18-12-10-13-19-26)28(36)32-22-16-8-6-4-3-5-7-9-17-23-33-29(37)25(2)35-31(39)27-20-14-11-15-21-27/h10-15,18-21,24-25H,3-9,16-17,22-23H2,1-2H3,(H,32,36)(H,33,37)(H,34,38)(H,35,39)/t24-,25-/m0/s1. The molecule has 2 atom stereocenters. The van der Waals surface area contributed by atoms with E-state index >= 15 is 0 Å². The van der Waals surface area contributed by atoms with Crippen molar-refractivity contribution < 1.29 is 19.2 Å². The molecule has 0 radical (unpaired) electrons. The fourth-order valence-corrected chi connectivity index (χ4v) is 4.09. The smallest absolute Gasteiger partial charge is 0.251 e. The molecule has 0 fully saturated rings. The lowest BCUT2D eigenvalue weighted by Crippen LogP contribution is -2.45. The summed E-state index contributed by atoms with van der Waals surface area (Å²) in [5, 5.41) is 11.2. The van der Waals surface area contributed by atoms with Crippen LogP contribution in [0.2, 0.25) is 0 Å². The fraction of sp³-hybridized carbons (Fsp3) is 0.484. The number of hydrogen-bond acceptors (Lipinski definition) is 4. The van der Waals surface area contributed by atoms with Gasteiger partial charge in [0.05, 0.1) is 0 Å². The van der Waals surface area contributed by atoms with Crippen LogP contribution in [-0.4, -0.2) is 48.8 Å². The molecule has 0 aliphatic carbocycles. The fourth-order valence-electron chi connectivity index (χ4n) is 4.09. The molecule has 0 heterocycles. The summed E-state index contributed by atoms with van der Waals surface area (Å²) in [5.74, 6) is -0.826. The number of nitrogens with one attached hydrogen (secondary N) is 4. The van der Waals surface area contributed by atoms with E-state index in [4.69, 9.17) is 0 Å². The molecule has 0 saturated heterocycles. The van der Waals surface area contributed by atoms with Gasteiger partial charge in [0, 0.05) is 24.2 Å². The number of carbonyl (C=O) groups is 4. The Morgan fingerprint density at radius 1 is 0.513 bits per heavy atom. The molecule has 2 aromatic rings. The van der Waals surface area contributed by atoms with Crippen molar-refractivity contribution in [1.29, 1.82) is 0 Å². The summed E-state index contributed by atoms with van der Waals surface area (Å²) < 4.78 is 0. The van der Waals surface area contributed by atoms with Crippen molar-refractivity contribution in [3.05, 3.63) is 71.8 Å². The molecule has 212 valence electrons. The third-order valence-corrected chi connectivity index (χ3v) is 6.51. The van der Waals surface area contributed by atoms with E-state index in [1.807, 2.05) is 12.1 Å². The molecule has 0 unspecified atom stereocenters. The van der Waals surface area contributed by atoms with E-state index in [1.165, 1.54) is 19.3 Å². The van der Waals surface area contributed by atoms with Gasteiger partial charge in [0.1, 0.15) is 12.1 Å². The van der Waals surface area contributed by atoms with Crippen LogP contribution < -0.4 is 21.3 Å². The molecule has 0 spiro atoms. The van der Waals surface area contributed by atoms with Crippen molar-refractivity contribution in [3.8, 4) is 0 Å². The number of carbonyl (C=O) groups excluding carboxylic acids is 4. The van der Waals surface area contributed by atoms with Crippen LogP contribution in [0.5, 0.6) is 0 Å². The van der Waals surface area contributed by atoms with E-state index in [9.17, 15) is 19.2 Å². The third-order valence-electron chi connectivity index (χ3n) is 6.51. The molecule has 0 saturated carbocycles. The van der Waals surface area contributed by atoms with Gasteiger partial charge in [-0.25, -0.2) is 0 Å². The summed E-state index contributed by atoms with van der Waals surface area (Å²) in [7, 11) is 0. The Kier molecular flexibility index (Phi) is 15.0. The van der Waals surface area contributed by atoms with Crippen LogP contribution in [-0.2, 0) is 9.59 Å². The van der Waals surface area contributed by atoms with E-state index < -0.39 is 12.1 Å². The summed E-state index contributed by atoms with van der Waals surface area (Å²) in [6.07, 6.45) is 9.79. The van der Waals surface area contributed by atoms with E-state index in [0.29, 0.717) is 24.2 Å². The number of rotatable bonds is 18. The molecular formula is C31H44N4O4. The summed E-state index contributed by atoms with van der Waals surface area (Å²) in [4.78, 5) is 48.7.